The van der Waals surface area contributed by atoms with E-state index in [-0.39, 0.29) is 13.0 Å². The Morgan fingerprint density at radius 1 is 1.44 bits per heavy atom. The summed E-state index contributed by atoms with van der Waals surface area (Å²) in [5.41, 5.74) is 1.15. The number of aliphatic carboxylic acids is 1. The third-order valence-corrected chi connectivity index (χ3v) is 2.64. The topological polar surface area (TPSA) is 46.5 Å². The van der Waals surface area contributed by atoms with Gasteiger partial charge in [-0.3, -0.25) is 4.79 Å². The normalized spacial score (nSPS) is 12.1. The molecular formula is C13H18O3. The zero-order chi connectivity index (χ0) is 12.0. The minimum Gasteiger partial charge on any atom is -0.493 e. The molecule has 0 aliphatic heterocycles. The highest BCUT2D eigenvalue weighted by molar-refractivity contribution is 5.66. The van der Waals surface area contributed by atoms with E-state index in [1.165, 1.54) is 0 Å². The highest BCUT2D eigenvalue weighted by Crippen LogP contribution is 2.28. The zero-order valence-electron chi connectivity index (χ0n) is 9.77. The van der Waals surface area contributed by atoms with E-state index in [9.17, 15) is 4.79 Å². The van der Waals surface area contributed by atoms with Crippen molar-refractivity contribution in [3.8, 4) is 5.75 Å². The van der Waals surface area contributed by atoms with Crippen LogP contribution in [0.4, 0.5) is 0 Å². The van der Waals surface area contributed by atoms with Crippen molar-refractivity contribution in [2.45, 2.75) is 32.6 Å². The maximum Gasteiger partial charge on any atom is 0.306 e. The minimum atomic E-state index is -0.832. The van der Waals surface area contributed by atoms with E-state index < -0.39 is 5.97 Å². The van der Waals surface area contributed by atoms with Gasteiger partial charge in [-0.15, -0.1) is 0 Å². The van der Waals surface area contributed by atoms with Crippen LogP contribution in [0.15, 0.2) is 24.3 Å². The Morgan fingerprint density at radius 2 is 2.12 bits per heavy atom. The molecule has 1 atom stereocenters. The summed E-state index contributed by atoms with van der Waals surface area (Å²) in [6.07, 6.45) is 1.08. The summed E-state index contributed by atoms with van der Waals surface area (Å²) in [5, 5.41) is 8.54. The monoisotopic (exact) mass is 222 g/mol. The van der Waals surface area contributed by atoms with Crippen LogP contribution in [0.2, 0.25) is 0 Å². The molecule has 1 rings (SSSR count). The van der Waals surface area contributed by atoms with Gasteiger partial charge in [-0.05, 0) is 24.0 Å². The Balaban J connectivity index is 2.67. The van der Waals surface area contributed by atoms with Crippen molar-refractivity contribution < 1.29 is 14.6 Å². The number of benzene rings is 1. The van der Waals surface area contributed by atoms with Crippen molar-refractivity contribution in [3.05, 3.63) is 29.8 Å². The molecular weight excluding hydrogens is 204 g/mol. The van der Waals surface area contributed by atoms with E-state index in [2.05, 4.69) is 13.8 Å². The lowest BCUT2D eigenvalue weighted by molar-refractivity contribution is -0.137. The zero-order valence-corrected chi connectivity index (χ0v) is 9.77. The van der Waals surface area contributed by atoms with Crippen LogP contribution in [-0.2, 0) is 4.79 Å². The average Bonchev–Trinajstić information content (AvgIpc) is 2.28. The Hall–Kier alpha value is -1.51. The lowest BCUT2D eigenvalue weighted by atomic mass is 9.98. The molecule has 0 amide bonds. The van der Waals surface area contributed by atoms with Gasteiger partial charge in [0.15, 0.2) is 0 Å². The molecule has 0 bridgehead atoms. The van der Waals surface area contributed by atoms with Gasteiger partial charge in [-0.25, -0.2) is 0 Å². The standard InChI is InChI=1S/C13H18O3/c1-3-10(2)11-6-4-5-7-12(11)16-9-8-13(14)15/h4-7,10H,3,8-9H2,1-2H3,(H,14,15). The SMILES string of the molecule is CCC(C)c1ccccc1OCCC(=O)O. The summed E-state index contributed by atoms with van der Waals surface area (Å²) in [5.74, 6) is 0.403. The summed E-state index contributed by atoms with van der Waals surface area (Å²) in [6, 6.07) is 7.81. The summed E-state index contributed by atoms with van der Waals surface area (Å²) in [7, 11) is 0. The highest BCUT2D eigenvalue weighted by atomic mass is 16.5. The molecule has 3 nitrogen and oxygen atoms in total. The predicted molar refractivity (Wildman–Crippen MR) is 62.9 cm³/mol. The lowest BCUT2D eigenvalue weighted by Crippen LogP contribution is -2.06. The summed E-state index contributed by atoms with van der Waals surface area (Å²) >= 11 is 0. The number of ether oxygens (including phenoxy) is 1. The minimum absolute atomic E-state index is 0.0365. The fourth-order valence-corrected chi connectivity index (χ4v) is 1.49. The largest absolute Gasteiger partial charge is 0.493 e. The van der Waals surface area contributed by atoms with E-state index in [1.54, 1.807) is 0 Å². The fraction of sp³-hybridized carbons (Fsp3) is 0.462. The molecule has 0 aliphatic rings. The number of para-hydroxylation sites is 1. The first-order valence-electron chi connectivity index (χ1n) is 5.58. The van der Waals surface area contributed by atoms with E-state index in [0.717, 1.165) is 17.7 Å². The molecule has 0 fully saturated rings. The van der Waals surface area contributed by atoms with Gasteiger partial charge in [0.1, 0.15) is 5.75 Å². The third kappa shape index (κ3) is 3.57. The highest BCUT2D eigenvalue weighted by Gasteiger charge is 2.09. The van der Waals surface area contributed by atoms with E-state index >= 15 is 0 Å². The van der Waals surface area contributed by atoms with Gasteiger partial charge in [0.2, 0.25) is 0 Å². The van der Waals surface area contributed by atoms with Crippen molar-refractivity contribution in [1.29, 1.82) is 0 Å². The second-order valence-electron chi connectivity index (χ2n) is 3.84. The van der Waals surface area contributed by atoms with Crippen molar-refractivity contribution in [3.63, 3.8) is 0 Å². The Labute approximate surface area is 96.1 Å². The number of hydrogen-bond acceptors (Lipinski definition) is 2. The molecule has 0 saturated heterocycles. The van der Waals surface area contributed by atoms with Gasteiger partial charge in [0.05, 0.1) is 13.0 Å². The van der Waals surface area contributed by atoms with Crippen LogP contribution in [0.1, 0.15) is 38.2 Å². The van der Waals surface area contributed by atoms with Gasteiger partial charge in [-0.2, -0.15) is 0 Å². The van der Waals surface area contributed by atoms with Crippen LogP contribution in [0, 0.1) is 0 Å². The van der Waals surface area contributed by atoms with Gasteiger partial charge in [0, 0.05) is 0 Å². The Kier molecular flexibility index (Phi) is 4.83. The van der Waals surface area contributed by atoms with Gasteiger partial charge in [-0.1, -0.05) is 32.0 Å². The molecule has 0 saturated carbocycles. The van der Waals surface area contributed by atoms with Gasteiger partial charge in [0.25, 0.3) is 0 Å². The van der Waals surface area contributed by atoms with Crippen molar-refractivity contribution in [2.75, 3.05) is 6.61 Å². The smallest absolute Gasteiger partial charge is 0.306 e. The van der Waals surface area contributed by atoms with Crippen molar-refractivity contribution >= 4 is 5.97 Å². The molecule has 0 radical (unpaired) electrons. The quantitative estimate of drug-likeness (QED) is 0.804. The summed E-state index contributed by atoms with van der Waals surface area (Å²) < 4.78 is 5.49. The second-order valence-corrected chi connectivity index (χ2v) is 3.84. The molecule has 1 unspecified atom stereocenters. The lowest BCUT2D eigenvalue weighted by Gasteiger charge is -2.15. The van der Waals surface area contributed by atoms with Crippen LogP contribution >= 0.6 is 0 Å². The third-order valence-electron chi connectivity index (χ3n) is 2.64. The Morgan fingerprint density at radius 3 is 2.75 bits per heavy atom. The van der Waals surface area contributed by atoms with Crippen molar-refractivity contribution in [1.82, 2.24) is 0 Å². The molecule has 0 aliphatic carbocycles. The van der Waals surface area contributed by atoms with Gasteiger partial charge >= 0.3 is 5.97 Å². The number of carboxylic acids is 1. The van der Waals surface area contributed by atoms with Gasteiger partial charge < -0.3 is 9.84 Å². The van der Waals surface area contributed by atoms with Crippen molar-refractivity contribution in [2.24, 2.45) is 0 Å². The maximum atomic E-state index is 10.4. The first-order chi connectivity index (χ1) is 7.65. The van der Waals surface area contributed by atoms with Crippen LogP contribution < -0.4 is 4.74 Å². The van der Waals surface area contributed by atoms with E-state index in [1.807, 2.05) is 24.3 Å². The molecule has 1 aromatic carbocycles. The number of carbonyl (C=O) groups is 1. The molecule has 0 aromatic heterocycles. The predicted octanol–water partition coefficient (Wildman–Crippen LogP) is 3.05. The van der Waals surface area contributed by atoms with Crippen LogP contribution in [0.25, 0.3) is 0 Å². The summed E-state index contributed by atoms with van der Waals surface area (Å²) in [6.45, 7) is 4.49. The molecule has 1 aromatic rings. The van der Waals surface area contributed by atoms with E-state index in [4.69, 9.17) is 9.84 Å². The summed E-state index contributed by atoms with van der Waals surface area (Å²) in [4.78, 5) is 10.4. The second kappa shape index (κ2) is 6.16. The molecule has 0 spiro atoms. The molecule has 0 heterocycles. The molecule has 1 N–H and O–H groups in total. The maximum absolute atomic E-state index is 10.4. The fourth-order valence-electron chi connectivity index (χ4n) is 1.49. The average molecular weight is 222 g/mol. The Bertz CT molecular complexity index is 347. The molecule has 3 heteroatoms. The van der Waals surface area contributed by atoms with E-state index in [0.29, 0.717) is 5.92 Å². The number of hydrogen-bond donors (Lipinski definition) is 1. The van der Waals surface area contributed by atoms with Crippen LogP contribution in [0.5, 0.6) is 5.75 Å². The van der Waals surface area contributed by atoms with Crippen LogP contribution in [-0.4, -0.2) is 17.7 Å². The first-order valence-corrected chi connectivity index (χ1v) is 5.58. The first kappa shape index (κ1) is 12.6. The number of carboxylic acid groups (broad SMARTS) is 1. The number of rotatable bonds is 6. The van der Waals surface area contributed by atoms with Crippen LogP contribution in [0.3, 0.4) is 0 Å². The molecule has 16 heavy (non-hydrogen) atoms. The molecule has 88 valence electrons.